The summed E-state index contributed by atoms with van der Waals surface area (Å²) in [7, 11) is 0. The van der Waals surface area contributed by atoms with Crippen LogP contribution < -0.4 is 5.32 Å². The second-order valence-corrected chi connectivity index (χ2v) is 8.27. The van der Waals surface area contributed by atoms with Gasteiger partial charge in [0.05, 0.1) is 11.4 Å². The van der Waals surface area contributed by atoms with Crippen LogP contribution in [0.15, 0.2) is 66.0 Å². The number of benzene rings is 2. The number of amides is 1. The number of thioether (sulfide) groups is 1. The van der Waals surface area contributed by atoms with E-state index in [4.69, 9.17) is 11.6 Å². The van der Waals surface area contributed by atoms with Crippen LogP contribution in [0.2, 0.25) is 5.02 Å². The molecule has 0 spiro atoms. The van der Waals surface area contributed by atoms with Gasteiger partial charge in [0.15, 0.2) is 0 Å². The predicted octanol–water partition coefficient (Wildman–Crippen LogP) is 5.88. The van der Waals surface area contributed by atoms with Crippen LogP contribution in [0.25, 0.3) is 20.7 Å². The molecule has 1 N–H and O–H groups in total. The Bertz CT molecular complexity index is 1150. The highest BCUT2D eigenvalue weighted by molar-refractivity contribution is 8.00. The maximum atomic E-state index is 13.8. The Labute approximate surface area is 173 Å². The fourth-order valence-corrected chi connectivity index (χ4v) is 4.62. The first-order valence-corrected chi connectivity index (χ1v) is 10.5. The smallest absolute Gasteiger partial charge is 0.234 e. The zero-order valence-corrected chi connectivity index (χ0v) is 16.7. The molecule has 8 heteroatoms. The number of aromatic nitrogens is 2. The average molecular weight is 430 g/mol. The number of carbonyl (C=O) groups is 1. The molecular weight excluding hydrogens is 417 g/mol. The van der Waals surface area contributed by atoms with Crippen molar-refractivity contribution in [3.05, 3.63) is 71.8 Å². The van der Waals surface area contributed by atoms with Crippen molar-refractivity contribution in [2.75, 3.05) is 11.1 Å². The van der Waals surface area contributed by atoms with Crippen LogP contribution in [0.5, 0.6) is 0 Å². The minimum atomic E-state index is -0.530. The largest absolute Gasteiger partial charge is 0.323 e. The lowest BCUT2D eigenvalue weighted by Gasteiger charge is -2.07. The highest BCUT2D eigenvalue weighted by Gasteiger charge is 2.13. The summed E-state index contributed by atoms with van der Waals surface area (Å²) in [5.74, 6) is -0.775. The summed E-state index contributed by atoms with van der Waals surface area (Å²) < 4.78 is 13.8. The average Bonchev–Trinajstić information content (AvgIpc) is 3.15. The molecule has 4 aromatic rings. The monoisotopic (exact) mass is 429 g/mol. The maximum absolute atomic E-state index is 13.8. The first kappa shape index (κ1) is 18.9. The molecule has 2 aromatic carbocycles. The van der Waals surface area contributed by atoms with Gasteiger partial charge in [0.2, 0.25) is 5.91 Å². The van der Waals surface area contributed by atoms with Gasteiger partial charge in [0.1, 0.15) is 22.0 Å². The third kappa shape index (κ3) is 4.16. The molecule has 140 valence electrons. The Kier molecular flexibility index (Phi) is 5.57. The zero-order chi connectivity index (χ0) is 19.5. The van der Waals surface area contributed by atoms with Crippen molar-refractivity contribution in [1.82, 2.24) is 9.97 Å². The minimum Gasteiger partial charge on any atom is -0.323 e. The second kappa shape index (κ2) is 8.26. The van der Waals surface area contributed by atoms with Crippen molar-refractivity contribution in [1.29, 1.82) is 0 Å². The highest BCUT2D eigenvalue weighted by atomic mass is 35.5. The van der Waals surface area contributed by atoms with E-state index in [1.807, 2.05) is 36.4 Å². The van der Waals surface area contributed by atoms with Gasteiger partial charge in [-0.1, -0.05) is 53.7 Å². The molecule has 0 aliphatic heterocycles. The van der Waals surface area contributed by atoms with E-state index in [0.717, 1.165) is 20.7 Å². The minimum absolute atomic E-state index is 0.0628. The van der Waals surface area contributed by atoms with Crippen LogP contribution in [0, 0.1) is 5.82 Å². The third-order valence-corrected chi connectivity index (χ3v) is 6.23. The van der Waals surface area contributed by atoms with Crippen LogP contribution in [-0.2, 0) is 4.79 Å². The molecule has 0 radical (unpaired) electrons. The molecular formula is C20H13ClFN3OS2. The lowest BCUT2D eigenvalue weighted by atomic mass is 10.2. The Morgan fingerprint density at radius 2 is 1.96 bits per heavy atom. The number of halogens is 2. The van der Waals surface area contributed by atoms with Crippen molar-refractivity contribution in [2.45, 2.75) is 5.03 Å². The number of hydrogen-bond donors (Lipinski definition) is 1. The Hall–Kier alpha value is -2.48. The first-order valence-electron chi connectivity index (χ1n) is 8.28. The highest BCUT2D eigenvalue weighted by Crippen LogP contribution is 2.36. The molecule has 4 rings (SSSR count). The Morgan fingerprint density at radius 1 is 1.14 bits per heavy atom. The van der Waals surface area contributed by atoms with E-state index >= 15 is 0 Å². The molecule has 0 unspecified atom stereocenters. The van der Waals surface area contributed by atoms with Gasteiger partial charge in [-0.3, -0.25) is 4.79 Å². The van der Waals surface area contributed by atoms with Gasteiger partial charge < -0.3 is 5.32 Å². The van der Waals surface area contributed by atoms with Gasteiger partial charge >= 0.3 is 0 Å². The molecule has 2 aromatic heterocycles. The Balaban J connectivity index is 1.51. The zero-order valence-electron chi connectivity index (χ0n) is 14.4. The topological polar surface area (TPSA) is 54.9 Å². The number of carbonyl (C=O) groups excluding carboxylic acids is 1. The van der Waals surface area contributed by atoms with E-state index in [0.29, 0.717) is 10.0 Å². The van der Waals surface area contributed by atoms with Crippen LogP contribution >= 0.6 is 34.7 Å². The summed E-state index contributed by atoms with van der Waals surface area (Å²) in [6, 6.07) is 16.1. The summed E-state index contributed by atoms with van der Waals surface area (Å²) in [6.45, 7) is 0. The van der Waals surface area contributed by atoms with Gasteiger partial charge in [0, 0.05) is 15.3 Å². The van der Waals surface area contributed by atoms with E-state index < -0.39 is 5.82 Å². The third-order valence-electron chi connectivity index (χ3n) is 3.89. The molecule has 0 aliphatic rings. The first-order chi connectivity index (χ1) is 13.6. The number of thiophene rings is 1. The van der Waals surface area contributed by atoms with Gasteiger partial charge in [-0.15, -0.1) is 11.3 Å². The van der Waals surface area contributed by atoms with Gasteiger partial charge in [0.25, 0.3) is 0 Å². The lowest BCUT2D eigenvalue weighted by Crippen LogP contribution is -2.15. The predicted molar refractivity (Wildman–Crippen MR) is 114 cm³/mol. The molecule has 0 saturated heterocycles. The van der Waals surface area contributed by atoms with E-state index in [1.165, 1.54) is 36.3 Å². The summed E-state index contributed by atoms with van der Waals surface area (Å²) in [5.41, 5.74) is 1.17. The van der Waals surface area contributed by atoms with Crippen LogP contribution in [0.1, 0.15) is 0 Å². The Morgan fingerprint density at radius 3 is 2.79 bits per heavy atom. The standard InChI is InChI=1S/C20H13ClFN3OS2/c21-13-6-7-15(22)16(8-13)25-18(26)10-27-19-14-9-17(12-4-2-1-3-5-12)28-20(14)24-11-23-19/h1-9,11H,10H2,(H,25,26). The van der Waals surface area contributed by atoms with Crippen LogP contribution in [0.4, 0.5) is 10.1 Å². The van der Waals surface area contributed by atoms with E-state index in [1.54, 1.807) is 11.3 Å². The van der Waals surface area contributed by atoms with Crippen molar-refractivity contribution in [2.24, 2.45) is 0 Å². The number of nitrogens with one attached hydrogen (secondary N) is 1. The summed E-state index contributed by atoms with van der Waals surface area (Å²) in [4.78, 5) is 22.8. The van der Waals surface area contributed by atoms with Crippen LogP contribution in [-0.4, -0.2) is 21.6 Å². The van der Waals surface area contributed by atoms with E-state index in [9.17, 15) is 9.18 Å². The summed E-state index contributed by atoms with van der Waals surface area (Å²) >= 11 is 8.71. The summed E-state index contributed by atoms with van der Waals surface area (Å²) in [6.07, 6.45) is 1.49. The number of anilines is 1. The van der Waals surface area contributed by atoms with Crippen molar-refractivity contribution in [3.8, 4) is 10.4 Å². The fourth-order valence-electron chi connectivity index (χ4n) is 2.61. The quantitative estimate of drug-likeness (QED) is 0.318. The van der Waals surface area contributed by atoms with Crippen molar-refractivity contribution in [3.63, 3.8) is 0 Å². The van der Waals surface area contributed by atoms with E-state index in [2.05, 4.69) is 15.3 Å². The maximum Gasteiger partial charge on any atom is 0.234 e. The molecule has 4 nitrogen and oxygen atoms in total. The van der Waals surface area contributed by atoms with Gasteiger partial charge in [-0.25, -0.2) is 14.4 Å². The fraction of sp³-hybridized carbons (Fsp3) is 0.0500. The molecule has 0 bridgehead atoms. The molecule has 0 aliphatic carbocycles. The van der Waals surface area contributed by atoms with E-state index in [-0.39, 0.29) is 17.3 Å². The van der Waals surface area contributed by atoms with Crippen molar-refractivity contribution < 1.29 is 9.18 Å². The molecule has 1 amide bonds. The number of fused-ring (bicyclic) bond motifs is 1. The SMILES string of the molecule is O=C(CSc1ncnc2sc(-c3ccccc3)cc12)Nc1cc(Cl)ccc1F. The molecule has 2 heterocycles. The number of nitrogens with zero attached hydrogens (tertiary/aromatic N) is 2. The second-order valence-electron chi connectivity index (χ2n) is 5.84. The van der Waals surface area contributed by atoms with Crippen molar-refractivity contribution >= 4 is 56.5 Å². The molecule has 0 saturated carbocycles. The lowest BCUT2D eigenvalue weighted by molar-refractivity contribution is -0.113. The molecule has 28 heavy (non-hydrogen) atoms. The van der Waals surface area contributed by atoms with Gasteiger partial charge in [-0.05, 0) is 29.8 Å². The number of hydrogen-bond acceptors (Lipinski definition) is 5. The molecule has 0 atom stereocenters. The summed E-state index contributed by atoms with van der Waals surface area (Å²) in [5, 5.41) is 4.51. The molecule has 0 fully saturated rings. The normalized spacial score (nSPS) is 10.9. The van der Waals surface area contributed by atoms with Crippen LogP contribution in [0.3, 0.4) is 0 Å². The van der Waals surface area contributed by atoms with Gasteiger partial charge in [-0.2, -0.15) is 0 Å². The number of rotatable bonds is 5.